The summed E-state index contributed by atoms with van der Waals surface area (Å²) in [5, 5.41) is 22.7. The molecule has 62 heavy (non-hydrogen) atoms. The summed E-state index contributed by atoms with van der Waals surface area (Å²) in [4.78, 5) is 43.1. The van der Waals surface area contributed by atoms with Crippen LogP contribution in [0.2, 0.25) is 0 Å². The molecule has 0 saturated carbocycles. The van der Waals surface area contributed by atoms with E-state index in [4.69, 9.17) is 4.74 Å². The van der Waals surface area contributed by atoms with Gasteiger partial charge >= 0.3 is 0 Å². The van der Waals surface area contributed by atoms with Gasteiger partial charge in [-0.05, 0) is 85.3 Å². The highest BCUT2D eigenvalue weighted by Gasteiger charge is 2.32. The number of benzene rings is 4. The third-order valence-corrected chi connectivity index (χ3v) is 12.0. The molecule has 4 N–H and O–H groups in total. The monoisotopic (exact) mass is 839 g/mol. The number of aromatic nitrogens is 4. The Hall–Kier alpha value is -6.63. The van der Waals surface area contributed by atoms with Crippen LogP contribution in [0.4, 0.5) is 26.0 Å². The maximum absolute atomic E-state index is 14.0. The quantitative estimate of drug-likeness (QED) is 0.0929. The summed E-state index contributed by atoms with van der Waals surface area (Å²) in [6.07, 6.45) is 3.40. The molecule has 0 bridgehead atoms. The van der Waals surface area contributed by atoms with Crippen LogP contribution in [0.5, 0.6) is 0 Å². The average molecular weight is 840 g/mol. The zero-order valence-electron chi connectivity index (χ0n) is 34.4. The number of amides is 3. The second-order valence-electron chi connectivity index (χ2n) is 16.2. The Bertz CT molecular complexity index is 2720. The highest BCUT2D eigenvalue weighted by molar-refractivity contribution is 6.11. The van der Waals surface area contributed by atoms with E-state index in [0.29, 0.717) is 66.9 Å². The maximum Gasteiger partial charge on any atom is 0.258 e. The molecule has 0 aliphatic carbocycles. The van der Waals surface area contributed by atoms with Crippen molar-refractivity contribution < 1.29 is 27.9 Å². The molecule has 13 nitrogen and oxygen atoms in total. The van der Waals surface area contributed by atoms with Gasteiger partial charge in [-0.2, -0.15) is 10.2 Å². The van der Waals surface area contributed by atoms with Gasteiger partial charge in [0, 0.05) is 100 Å². The molecule has 3 aliphatic rings. The smallest absolute Gasteiger partial charge is 0.258 e. The number of ether oxygens (including phenoxy) is 1. The van der Waals surface area contributed by atoms with Crippen molar-refractivity contribution in [1.29, 1.82) is 0 Å². The molecule has 3 aliphatic heterocycles. The minimum Gasteiger partial charge on any atom is -0.381 e. The summed E-state index contributed by atoms with van der Waals surface area (Å²) >= 11 is 0. The molecule has 0 radical (unpaired) electrons. The SMILES string of the molecule is Cn1nc(C2CCC(=O)NC2=O)c2cccc(C#CCCN3CCN(c4ccc(C(=O)Nc5n[nH]c6ccc(Cc7cc(F)cc(F)c7)cc56)c(NC5CCOCC5)c4)CC3)c21. The first-order chi connectivity index (χ1) is 30.1. The third-order valence-electron chi connectivity index (χ3n) is 12.0. The van der Waals surface area contributed by atoms with Gasteiger partial charge in [-0.15, -0.1) is 0 Å². The Morgan fingerprint density at radius 3 is 2.52 bits per heavy atom. The number of carbonyl (C=O) groups excluding carboxylic acids is 3. The molecule has 1 atom stereocenters. The first-order valence-electron chi connectivity index (χ1n) is 21.1. The Morgan fingerprint density at radius 2 is 1.73 bits per heavy atom. The van der Waals surface area contributed by atoms with Crippen molar-refractivity contribution >= 4 is 56.7 Å². The minimum absolute atomic E-state index is 0.155. The van der Waals surface area contributed by atoms with Gasteiger partial charge in [0.25, 0.3) is 5.91 Å². The molecule has 3 fully saturated rings. The third kappa shape index (κ3) is 8.88. The number of nitrogens with one attached hydrogen (secondary N) is 4. The number of hydrogen-bond donors (Lipinski definition) is 4. The number of piperidine rings is 1. The van der Waals surface area contributed by atoms with Crippen molar-refractivity contribution in [3.05, 3.63) is 112 Å². The minimum atomic E-state index is -0.628. The Labute approximate surface area is 357 Å². The fraction of sp³-hybridized carbons (Fsp3) is 0.340. The van der Waals surface area contributed by atoms with E-state index in [1.54, 1.807) is 4.68 Å². The van der Waals surface area contributed by atoms with E-state index in [1.165, 1.54) is 12.1 Å². The molecule has 1 unspecified atom stereocenters. The van der Waals surface area contributed by atoms with Gasteiger partial charge in [-0.25, -0.2) is 8.78 Å². The molecular formula is C47H47F2N9O4. The summed E-state index contributed by atoms with van der Waals surface area (Å²) in [7, 11) is 1.86. The lowest BCUT2D eigenvalue weighted by molar-refractivity contribution is -0.134. The number of H-pyrrole nitrogens is 1. The summed E-state index contributed by atoms with van der Waals surface area (Å²) in [5.74, 6) is 4.50. The van der Waals surface area contributed by atoms with Crippen LogP contribution in [0.1, 0.15) is 70.8 Å². The number of rotatable bonds is 10. The lowest BCUT2D eigenvalue weighted by Gasteiger charge is -2.36. The van der Waals surface area contributed by atoms with Gasteiger partial charge in [-0.1, -0.05) is 30.0 Å². The maximum atomic E-state index is 14.0. The van der Waals surface area contributed by atoms with E-state index in [-0.39, 0.29) is 23.8 Å². The highest BCUT2D eigenvalue weighted by atomic mass is 19.1. The van der Waals surface area contributed by atoms with Crippen molar-refractivity contribution in [3.63, 3.8) is 0 Å². The number of hydrogen-bond acceptors (Lipinski definition) is 9. The Kier molecular flexibility index (Phi) is 11.7. The molecule has 318 valence electrons. The zero-order chi connectivity index (χ0) is 42.7. The fourth-order valence-corrected chi connectivity index (χ4v) is 8.78. The Balaban J connectivity index is 0.851. The van der Waals surface area contributed by atoms with Crippen LogP contribution in [0, 0.1) is 23.5 Å². The number of anilines is 3. The highest BCUT2D eigenvalue weighted by Crippen LogP contribution is 2.32. The molecule has 5 heterocycles. The van der Waals surface area contributed by atoms with Crippen LogP contribution in [0.25, 0.3) is 21.8 Å². The van der Waals surface area contributed by atoms with Crippen LogP contribution in [0.3, 0.4) is 0 Å². The van der Waals surface area contributed by atoms with Gasteiger partial charge in [-0.3, -0.25) is 34.4 Å². The van der Waals surface area contributed by atoms with Gasteiger partial charge < -0.3 is 20.3 Å². The number of fused-ring (bicyclic) bond motifs is 2. The van der Waals surface area contributed by atoms with Gasteiger partial charge in [0.05, 0.1) is 33.8 Å². The van der Waals surface area contributed by atoms with Crippen molar-refractivity contribution in [2.24, 2.45) is 7.05 Å². The van der Waals surface area contributed by atoms with Crippen LogP contribution in [-0.2, 0) is 27.8 Å². The molecule has 3 saturated heterocycles. The van der Waals surface area contributed by atoms with Crippen molar-refractivity contribution in [1.82, 2.24) is 30.2 Å². The van der Waals surface area contributed by atoms with Crippen LogP contribution in [0.15, 0.2) is 72.8 Å². The number of nitrogens with zero attached hydrogens (tertiary/aromatic N) is 5. The van der Waals surface area contributed by atoms with E-state index in [9.17, 15) is 23.2 Å². The van der Waals surface area contributed by atoms with Crippen LogP contribution in [-0.4, -0.2) is 94.6 Å². The largest absolute Gasteiger partial charge is 0.381 e. The second-order valence-corrected chi connectivity index (χ2v) is 16.2. The number of aromatic amines is 1. The molecule has 15 heteroatoms. The molecule has 9 rings (SSSR count). The lowest BCUT2D eigenvalue weighted by Crippen LogP contribution is -2.46. The van der Waals surface area contributed by atoms with Gasteiger partial charge in [0.1, 0.15) is 11.6 Å². The number of carbonyl (C=O) groups is 3. The topological polar surface area (TPSA) is 150 Å². The van der Waals surface area contributed by atoms with E-state index in [1.807, 2.05) is 55.6 Å². The standard InChI is InChI=1S/C47H47F2N9O4/c1-56-44-31(6-4-7-37(44)43(55-56)38-11-13-42(59)51-47(38)61)5-2-3-16-57-17-19-58(20-18-57)35-9-10-36(41(28-35)50-34-14-21-62-22-15-34)46(60)52-45-39-26-29(8-12-40(39)53-54-45)23-30-24-32(48)27-33(49)25-30/h4,6-10,12,24-28,34,38,50H,3,11,13-23H2,1H3,(H,51,59,61)(H2,52,53,54,60). The van der Waals surface area contributed by atoms with Crippen molar-refractivity contribution in [2.45, 2.75) is 50.5 Å². The molecule has 3 amide bonds. The van der Waals surface area contributed by atoms with E-state index in [0.717, 1.165) is 90.6 Å². The average Bonchev–Trinajstić information content (AvgIpc) is 3.82. The summed E-state index contributed by atoms with van der Waals surface area (Å²) < 4.78 is 35.2. The number of halogens is 2. The first-order valence-corrected chi connectivity index (χ1v) is 21.1. The zero-order valence-corrected chi connectivity index (χ0v) is 34.4. The van der Waals surface area contributed by atoms with E-state index < -0.39 is 17.6 Å². The molecule has 6 aromatic rings. The van der Waals surface area contributed by atoms with Crippen LogP contribution < -0.4 is 20.9 Å². The summed E-state index contributed by atoms with van der Waals surface area (Å²) in [6, 6.07) is 21.0. The molecule has 4 aromatic carbocycles. The lowest BCUT2D eigenvalue weighted by atomic mass is 9.92. The predicted octanol–water partition coefficient (Wildman–Crippen LogP) is 6.25. The van der Waals surface area contributed by atoms with E-state index in [2.05, 4.69) is 59.0 Å². The number of aryl methyl sites for hydroxylation is 1. The van der Waals surface area contributed by atoms with Crippen molar-refractivity contribution in [3.8, 4) is 11.8 Å². The molecule has 0 spiro atoms. The van der Waals surface area contributed by atoms with Gasteiger partial charge in [0.15, 0.2) is 5.82 Å². The predicted molar refractivity (Wildman–Crippen MR) is 233 cm³/mol. The van der Waals surface area contributed by atoms with Gasteiger partial charge in [0.2, 0.25) is 11.8 Å². The second kappa shape index (κ2) is 17.8. The summed E-state index contributed by atoms with van der Waals surface area (Å²) in [5.41, 5.74) is 6.72. The number of para-hydroxylation sites is 1. The fourth-order valence-electron chi connectivity index (χ4n) is 8.78. The summed E-state index contributed by atoms with van der Waals surface area (Å²) in [6.45, 7) is 5.49. The first kappa shape index (κ1) is 40.8. The Morgan fingerprint density at radius 1 is 0.919 bits per heavy atom. The van der Waals surface area contributed by atoms with Crippen LogP contribution >= 0.6 is 0 Å². The van der Waals surface area contributed by atoms with Crippen molar-refractivity contribution in [2.75, 3.05) is 61.5 Å². The normalized spacial score (nSPS) is 17.5. The molecule has 2 aromatic heterocycles. The number of imide groups is 1. The van der Waals surface area contributed by atoms with E-state index >= 15 is 0 Å². The molecular weight excluding hydrogens is 793 g/mol. The number of piperazine rings is 1.